The van der Waals surface area contributed by atoms with Crippen LogP contribution in [0.5, 0.6) is 0 Å². The molecule has 1 aromatic heterocycles. The van der Waals surface area contributed by atoms with Crippen LogP contribution < -0.4 is 10.2 Å². The second-order valence-corrected chi connectivity index (χ2v) is 14.6. The zero-order chi connectivity index (χ0) is 28.8. The summed E-state index contributed by atoms with van der Waals surface area (Å²) in [5.41, 5.74) is 2.30. The van der Waals surface area contributed by atoms with E-state index in [1.165, 1.54) is 12.1 Å². The fraction of sp³-hybridized carbons (Fsp3) is 0.433. The first-order chi connectivity index (χ1) is 19.7. The lowest BCUT2D eigenvalue weighted by atomic mass is 9.76. The highest BCUT2D eigenvalue weighted by atomic mass is 79.9. The van der Waals surface area contributed by atoms with Gasteiger partial charge in [0.2, 0.25) is 11.8 Å². The molecule has 3 fully saturated rings. The Labute approximate surface area is 248 Å². The molecule has 2 atom stereocenters. The van der Waals surface area contributed by atoms with Gasteiger partial charge in [0.25, 0.3) is 0 Å². The van der Waals surface area contributed by atoms with Gasteiger partial charge < -0.3 is 14.6 Å². The molecule has 8 nitrogen and oxygen atoms in total. The fourth-order valence-electron chi connectivity index (χ4n) is 5.86. The molecule has 1 amide bonds. The maximum Gasteiger partial charge on any atom is 0.226 e. The summed E-state index contributed by atoms with van der Waals surface area (Å²) in [7, 11) is -2.51. The van der Waals surface area contributed by atoms with Gasteiger partial charge in [0.05, 0.1) is 23.3 Å². The van der Waals surface area contributed by atoms with Gasteiger partial charge >= 0.3 is 0 Å². The summed E-state index contributed by atoms with van der Waals surface area (Å²) in [4.78, 5) is 20.5. The summed E-state index contributed by atoms with van der Waals surface area (Å²) in [5, 5.41) is 12.5. The average Bonchev–Trinajstić information content (AvgIpc) is 3.60. The molecular weight excluding hydrogens is 611 g/mol. The van der Waals surface area contributed by atoms with Crippen LogP contribution in [0, 0.1) is 23.1 Å². The van der Waals surface area contributed by atoms with E-state index >= 15 is 0 Å². The van der Waals surface area contributed by atoms with Crippen molar-refractivity contribution in [2.24, 2.45) is 5.92 Å². The molecule has 0 bridgehead atoms. The van der Waals surface area contributed by atoms with Gasteiger partial charge in [0.15, 0.2) is 0 Å². The molecule has 0 spiro atoms. The Bertz CT molecular complexity index is 1490. The predicted octanol–water partition coefficient (Wildman–Crippen LogP) is 6.93. The number of carbonyl (C=O) groups excluding carboxylic acids is 1. The highest BCUT2D eigenvalue weighted by Gasteiger charge is 2.47. The number of oxazole rings is 1. The molecule has 6 rings (SSSR count). The Morgan fingerprint density at radius 3 is 2.46 bits per heavy atom. The molecule has 216 valence electrons. The molecule has 2 aliphatic carbocycles. The van der Waals surface area contributed by atoms with E-state index < -0.39 is 16.1 Å². The predicted molar refractivity (Wildman–Crippen MR) is 160 cm³/mol. The Morgan fingerprint density at radius 1 is 1.12 bits per heavy atom. The maximum atomic E-state index is 13.7. The Hall–Kier alpha value is -2.91. The number of hydrogen-bond donors (Lipinski definition) is 3. The van der Waals surface area contributed by atoms with Crippen LogP contribution in [0.3, 0.4) is 0 Å². The van der Waals surface area contributed by atoms with Crippen LogP contribution in [-0.4, -0.2) is 50.1 Å². The van der Waals surface area contributed by atoms with Crippen molar-refractivity contribution in [3.05, 3.63) is 58.5 Å². The molecule has 2 aromatic carbocycles. The Morgan fingerprint density at radius 2 is 1.80 bits per heavy atom. The molecule has 2 saturated carbocycles. The van der Waals surface area contributed by atoms with Crippen LogP contribution in [0.2, 0.25) is 0 Å². The third-order valence-corrected chi connectivity index (χ3v) is 10.8. The van der Waals surface area contributed by atoms with Crippen molar-refractivity contribution < 1.29 is 22.7 Å². The first kappa shape index (κ1) is 28.2. The molecule has 3 aliphatic rings. The molecule has 0 unspecified atom stereocenters. The average molecular weight is 644 g/mol. The zero-order valence-corrected chi connectivity index (χ0v) is 24.9. The number of anilines is 1. The highest BCUT2D eigenvalue weighted by molar-refractivity contribution is 9.10. The molecule has 1 saturated heterocycles. The number of hydrogen-bond acceptors (Lipinski definition) is 7. The van der Waals surface area contributed by atoms with Crippen molar-refractivity contribution in [2.75, 3.05) is 29.5 Å². The topological polar surface area (TPSA) is 123 Å². The van der Waals surface area contributed by atoms with Gasteiger partial charge in [-0.05, 0) is 78.0 Å². The van der Waals surface area contributed by atoms with Crippen molar-refractivity contribution >= 4 is 38.1 Å². The number of benzene rings is 2. The van der Waals surface area contributed by atoms with E-state index in [9.17, 15) is 23.6 Å². The van der Waals surface area contributed by atoms with E-state index in [1.807, 2.05) is 18.2 Å². The zero-order valence-electron chi connectivity index (χ0n) is 22.5. The SMILES string of the molecule is N#CC1(NC(=O)[C@@H]2CCCC[C@H]2c2oc(-c3ccc(F)cc3)nc2-c2ccc(N3CCS(O)(O)CC3)c(Br)c2)CC1. The van der Waals surface area contributed by atoms with Crippen LogP contribution in [0.4, 0.5) is 10.1 Å². The van der Waals surface area contributed by atoms with E-state index in [1.54, 1.807) is 12.1 Å². The van der Waals surface area contributed by atoms with Crippen molar-refractivity contribution in [2.45, 2.75) is 50.0 Å². The molecular formula is C30H32BrFN4O4S. The largest absolute Gasteiger partial charge is 0.440 e. The van der Waals surface area contributed by atoms with Crippen LogP contribution in [0.15, 0.2) is 51.4 Å². The standard InChI is InChI=1S/C30H32BrFN4O4S/c31-24-17-20(7-10-25(24)36-13-15-41(38,39)16-14-36)26-27(40-29(34-26)19-5-8-21(32)9-6-19)22-3-1-2-4-23(22)28(37)35-30(18-33)11-12-30/h5-10,17,22-23,38-39H,1-4,11-16H2,(H,35,37)/t22-,23-/m1/s1. The van der Waals surface area contributed by atoms with Gasteiger partial charge in [-0.15, -0.1) is 0 Å². The van der Waals surface area contributed by atoms with Crippen molar-refractivity contribution in [1.29, 1.82) is 5.26 Å². The van der Waals surface area contributed by atoms with E-state index in [0.717, 1.165) is 35.0 Å². The summed E-state index contributed by atoms with van der Waals surface area (Å²) in [5.74, 6) is 0.622. The lowest BCUT2D eigenvalue weighted by molar-refractivity contribution is -0.127. The summed E-state index contributed by atoms with van der Waals surface area (Å²) >= 11 is 3.72. The first-order valence-corrected chi connectivity index (χ1v) is 16.6. The van der Waals surface area contributed by atoms with Gasteiger partial charge in [-0.1, -0.05) is 18.9 Å². The van der Waals surface area contributed by atoms with Gasteiger partial charge in [-0.25, -0.2) is 9.37 Å². The van der Waals surface area contributed by atoms with Gasteiger partial charge in [-0.3, -0.25) is 13.9 Å². The minimum atomic E-state index is -2.51. The smallest absolute Gasteiger partial charge is 0.226 e. The Balaban J connectivity index is 1.37. The Kier molecular flexibility index (Phi) is 7.61. The molecule has 0 radical (unpaired) electrons. The third kappa shape index (κ3) is 5.89. The van der Waals surface area contributed by atoms with E-state index in [0.29, 0.717) is 66.8 Å². The number of nitriles is 1. The number of halogens is 2. The quantitative estimate of drug-likeness (QED) is 0.266. The van der Waals surface area contributed by atoms with Crippen LogP contribution in [0.25, 0.3) is 22.7 Å². The van der Waals surface area contributed by atoms with Crippen LogP contribution >= 0.6 is 26.5 Å². The normalized spacial score (nSPS) is 23.8. The second-order valence-electron chi connectivity index (χ2n) is 11.3. The van der Waals surface area contributed by atoms with E-state index in [4.69, 9.17) is 9.40 Å². The van der Waals surface area contributed by atoms with Gasteiger partial charge in [0.1, 0.15) is 22.8 Å². The van der Waals surface area contributed by atoms with Crippen LogP contribution in [0.1, 0.15) is 50.2 Å². The third-order valence-electron chi connectivity index (χ3n) is 8.45. The molecule has 2 heterocycles. The molecule has 3 aromatic rings. The minimum Gasteiger partial charge on any atom is -0.440 e. The highest BCUT2D eigenvalue weighted by Crippen LogP contribution is 2.46. The van der Waals surface area contributed by atoms with E-state index in [-0.39, 0.29) is 23.6 Å². The molecule has 3 N–H and O–H groups in total. The van der Waals surface area contributed by atoms with Crippen molar-refractivity contribution in [1.82, 2.24) is 10.3 Å². The lowest BCUT2D eigenvalue weighted by Gasteiger charge is -2.42. The van der Waals surface area contributed by atoms with Gasteiger partial charge in [-0.2, -0.15) is 15.9 Å². The summed E-state index contributed by atoms with van der Waals surface area (Å²) in [6.07, 6.45) is 4.66. The van der Waals surface area contributed by atoms with Crippen LogP contribution in [-0.2, 0) is 4.79 Å². The fourth-order valence-corrected chi connectivity index (χ4v) is 7.72. The number of aromatic nitrogens is 1. The summed E-state index contributed by atoms with van der Waals surface area (Å²) in [6.45, 7) is 1.10. The number of rotatable bonds is 6. The molecule has 41 heavy (non-hydrogen) atoms. The number of carbonyl (C=O) groups is 1. The number of nitrogens with one attached hydrogen (secondary N) is 1. The monoisotopic (exact) mass is 642 g/mol. The second kappa shape index (κ2) is 11.1. The lowest BCUT2D eigenvalue weighted by Crippen LogP contribution is -2.42. The van der Waals surface area contributed by atoms with E-state index in [2.05, 4.69) is 32.2 Å². The number of amides is 1. The molecule has 1 aliphatic heterocycles. The van der Waals surface area contributed by atoms with Crippen molar-refractivity contribution in [3.63, 3.8) is 0 Å². The van der Waals surface area contributed by atoms with Gasteiger partial charge in [0, 0.05) is 40.5 Å². The number of nitrogens with zero attached hydrogens (tertiary/aromatic N) is 3. The summed E-state index contributed by atoms with van der Waals surface area (Å²) < 4.78 is 41.0. The summed E-state index contributed by atoms with van der Waals surface area (Å²) in [6, 6.07) is 14.2. The molecule has 11 heteroatoms. The maximum absolute atomic E-state index is 13.7. The minimum absolute atomic E-state index is 0.118. The first-order valence-electron chi connectivity index (χ1n) is 14.0. The van der Waals surface area contributed by atoms with Crippen molar-refractivity contribution in [3.8, 4) is 28.8 Å².